The average molecular weight is 450 g/mol. The maximum absolute atomic E-state index is 12.9. The number of para-hydroxylation sites is 1. The summed E-state index contributed by atoms with van der Waals surface area (Å²) in [6, 6.07) is 21.0. The van der Waals surface area contributed by atoms with E-state index in [0.29, 0.717) is 35.4 Å². The van der Waals surface area contributed by atoms with Crippen LogP contribution in [0.3, 0.4) is 0 Å². The monoisotopic (exact) mass is 449 g/mol. The van der Waals surface area contributed by atoms with E-state index in [2.05, 4.69) is 15.3 Å². The first-order valence-electron chi connectivity index (χ1n) is 10.9. The molecule has 7 nitrogen and oxygen atoms in total. The zero-order valence-corrected chi connectivity index (χ0v) is 18.7. The molecule has 168 valence electrons. The van der Waals surface area contributed by atoms with Crippen LogP contribution in [0.4, 0.5) is 5.82 Å². The number of primary amides is 1. The molecule has 0 saturated heterocycles. The minimum absolute atomic E-state index is 0.0802. The lowest BCUT2D eigenvalue weighted by molar-refractivity contribution is 0.0988. The summed E-state index contributed by atoms with van der Waals surface area (Å²) in [6.45, 7) is 0.505. The van der Waals surface area contributed by atoms with Gasteiger partial charge in [-0.2, -0.15) is 0 Å². The van der Waals surface area contributed by atoms with Crippen LogP contribution in [0.15, 0.2) is 79.3 Å². The van der Waals surface area contributed by atoms with E-state index in [1.54, 1.807) is 12.1 Å². The molecule has 5 rings (SSSR count). The van der Waals surface area contributed by atoms with E-state index in [0.717, 1.165) is 27.4 Å². The van der Waals surface area contributed by atoms with Crippen LogP contribution in [0.1, 0.15) is 31.8 Å². The first-order chi connectivity index (χ1) is 16.5. The van der Waals surface area contributed by atoms with Crippen molar-refractivity contribution in [3.8, 4) is 0 Å². The molecule has 0 atom stereocenters. The highest BCUT2D eigenvalue weighted by Gasteiger charge is 2.12. The van der Waals surface area contributed by atoms with E-state index in [9.17, 15) is 9.59 Å². The highest BCUT2D eigenvalue weighted by Crippen LogP contribution is 2.23. The highest BCUT2D eigenvalue weighted by molar-refractivity contribution is 6.07. The number of benzene rings is 3. The summed E-state index contributed by atoms with van der Waals surface area (Å²) < 4.78 is 2.04. The van der Waals surface area contributed by atoms with Crippen LogP contribution in [0.5, 0.6) is 0 Å². The van der Waals surface area contributed by atoms with Gasteiger partial charge in [0.05, 0.1) is 11.1 Å². The molecule has 0 unspecified atom stereocenters. The Labute approximate surface area is 196 Å². The first kappa shape index (κ1) is 21.3. The van der Waals surface area contributed by atoms with Gasteiger partial charge in [0.1, 0.15) is 12.1 Å². The van der Waals surface area contributed by atoms with Gasteiger partial charge in [0, 0.05) is 48.1 Å². The summed E-state index contributed by atoms with van der Waals surface area (Å²) in [6.07, 6.45) is 3.73. The van der Waals surface area contributed by atoms with Gasteiger partial charge in [0.15, 0.2) is 5.78 Å². The number of nitrogens with one attached hydrogen (secondary N) is 1. The molecule has 0 aliphatic heterocycles. The Morgan fingerprint density at radius 1 is 0.971 bits per heavy atom. The standard InChI is InChI=1S/C27H23N5O2/c1-32-11-10-19-14-20(8-9-23(19)32)24(33)13-17-4-2-5-18(12-17)15-29-27-22-7-3-6-21(26(28)34)25(22)30-16-31-27/h2-12,14,16H,13,15H2,1H3,(H2,28,34)(H,29,30,31). The number of amides is 1. The van der Waals surface area contributed by atoms with Crippen molar-refractivity contribution in [2.45, 2.75) is 13.0 Å². The van der Waals surface area contributed by atoms with Gasteiger partial charge in [-0.1, -0.05) is 30.3 Å². The van der Waals surface area contributed by atoms with Crippen LogP contribution < -0.4 is 11.1 Å². The number of carbonyl (C=O) groups excluding carboxylic acids is 2. The third kappa shape index (κ3) is 4.11. The Morgan fingerprint density at radius 2 is 1.79 bits per heavy atom. The molecule has 1 amide bonds. The van der Waals surface area contributed by atoms with Crippen LogP contribution in [-0.4, -0.2) is 26.2 Å². The molecular weight excluding hydrogens is 426 g/mol. The summed E-state index contributed by atoms with van der Waals surface area (Å²) in [7, 11) is 1.99. The summed E-state index contributed by atoms with van der Waals surface area (Å²) in [5.41, 5.74) is 10.1. The van der Waals surface area contributed by atoms with Crippen molar-refractivity contribution in [3.63, 3.8) is 0 Å². The van der Waals surface area contributed by atoms with Crippen molar-refractivity contribution < 1.29 is 9.59 Å². The average Bonchev–Trinajstić information content (AvgIpc) is 3.22. The second-order valence-electron chi connectivity index (χ2n) is 8.26. The van der Waals surface area contributed by atoms with Gasteiger partial charge >= 0.3 is 0 Å². The van der Waals surface area contributed by atoms with Crippen molar-refractivity contribution >= 4 is 39.3 Å². The number of ketones is 1. The molecule has 0 radical (unpaired) electrons. The predicted molar refractivity (Wildman–Crippen MR) is 133 cm³/mol. The number of nitrogens with two attached hydrogens (primary N) is 1. The Morgan fingerprint density at radius 3 is 2.65 bits per heavy atom. The van der Waals surface area contributed by atoms with Crippen molar-refractivity contribution in [3.05, 3.63) is 102 Å². The van der Waals surface area contributed by atoms with Gasteiger partial charge in [0.25, 0.3) is 5.91 Å². The number of hydrogen-bond acceptors (Lipinski definition) is 5. The molecule has 0 aliphatic carbocycles. The van der Waals surface area contributed by atoms with Crippen LogP contribution in [-0.2, 0) is 20.0 Å². The number of anilines is 1. The fourth-order valence-electron chi connectivity index (χ4n) is 4.21. The van der Waals surface area contributed by atoms with Crippen LogP contribution in [0.25, 0.3) is 21.8 Å². The number of Topliss-reactive ketones (excluding diaryl/α,β-unsaturated/α-hetero) is 1. The fourth-order valence-corrected chi connectivity index (χ4v) is 4.21. The van der Waals surface area contributed by atoms with Gasteiger partial charge in [-0.25, -0.2) is 9.97 Å². The number of nitrogens with zero attached hydrogens (tertiary/aromatic N) is 3. The van der Waals surface area contributed by atoms with Crippen molar-refractivity contribution in [2.24, 2.45) is 12.8 Å². The minimum Gasteiger partial charge on any atom is -0.366 e. The molecule has 0 saturated carbocycles. The lowest BCUT2D eigenvalue weighted by atomic mass is 10.0. The minimum atomic E-state index is -0.529. The highest BCUT2D eigenvalue weighted by atomic mass is 16.1. The van der Waals surface area contributed by atoms with E-state index >= 15 is 0 Å². The summed E-state index contributed by atoms with van der Waals surface area (Å²) in [5.74, 6) is 0.168. The van der Waals surface area contributed by atoms with Crippen molar-refractivity contribution in [2.75, 3.05) is 5.32 Å². The molecule has 34 heavy (non-hydrogen) atoms. The molecule has 3 aromatic carbocycles. The van der Waals surface area contributed by atoms with E-state index in [-0.39, 0.29) is 5.78 Å². The SMILES string of the molecule is Cn1ccc2cc(C(=O)Cc3cccc(CNc4ncnc5c(C(N)=O)cccc45)c3)ccc21. The second-order valence-corrected chi connectivity index (χ2v) is 8.26. The largest absolute Gasteiger partial charge is 0.366 e. The number of rotatable bonds is 7. The predicted octanol–water partition coefficient (Wildman–Crippen LogP) is 4.26. The van der Waals surface area contributed by atoms with Gasteiger partial charge in [-0.05, 0) is 47.5 Å². The topological polar surface area (TPSA) is 103 Å². The third-order valence-electron chi connectivity index (χ3n) is 5.95. The maximum Gasteiger partial charge on any atom is 0.250 e. The Hall–Kier alpha value is -4.52. The summed E-state index contributed by atoms with van der Waals surface area (Å²) >= 11 is 0. The third-order valence-corrected chi connectivity index (χ3v) is 5.95. The molecular formula is C27H23N5O2. The van der Waals surface area contributed by atoms with Crippen LogP contribution >= 0.6 is 0 Å². The van der Waals surface area contributed by atoms with Gasteiger partial charge < -0.3 is 15.6 Å². The molecule has 0 spiro atoms. The fraction of sp³-hybridized carbons (Fsp3) is 0.111. The molecule has 0 fully saturated rings. The molecule has 2 aromatic heterocycles. The second kappa shape index (κ2) is 8.78. The smallest absolute Gasteiger partial charge is 0.250 e. The van der Waals surface area contributed by atoms with Crippen molar-refractivity contribution in [1.82, 2.24) is 14.5 Å². The van der Waals surface area contributed by atoms with Crippen molar-refractivity contribution in [1.29, 1.82) is 0 Å². The lowest BCUT2D eigenvalue weighted by Crippen LogP contribution is -2.12. The van der Waals surface area contributed by atoms with E-state index in [4.69, 9.17) is 5.73 Å². The first-order valence-corrected chi connectivity index (χ1v) is 10.9. The lowest BCUT2D eigenvalue weighted by Gasteiger charge is -2.11. The quantitative estimate of drug-likeness (QED) is 0.362. The zero-order chi connectivity index (χ0) is 23.7. The number of aromatic nitrogens is 3. The molecule has 2 heterocycles. The van der Waals surface area contributed by atoms with E-state index in [1.165, 1.54) is 6.33 Å². The van der Waals surface area contributed by atoms with Gasteiger partial charge in [-0.15, -0.1) is 0 Å². The number of hydrogen-bond donors (Lipinski definition) is 2. The Kier molecular flexibility index (Phi) is 5.51. The van der Waals surface area contributed by atoms with Crippen LogP contribution in [0.2, 0.25) is 0 Å². The number of carbonyl (C=O) groups is 2. The molecule has 0 aliphatic rings. The van der Waals surface area contributed by atoms with E-state index < -0.39 is 5.91 Å². The molecule has 7 heteroatoms. The number of fused-ring (bicyclic) bond motifs is 2. The normalized spacial score (nSPS) is 11.1. The van der Waals surface area contributed by atoms with E-state index in [1.807, 2.05) is 72.4 Å². The zero-order valence-electron chi connectivity index (χ0n) is 18.7. The Balaban J connectivity index is 1.32. The number of aryl methyl sites for hydroxylation is 1. The molecule has 5 aromatic rings. The summed E-state index contributed by atoms with van der Waals surface area (Å²) in [4.78, 5) is 33.2. The molecule has 3 N–H and O–H groups in total. The molecule has 0 bridgehead atoms. The Bertz CT molecular complexity index is 1550. The maximum atomic E-state index is 12.9. The summed E-state index contributed by atoms with van der Waals surface area (Å²) in [5, 5.41) is 5.10. The van der Waals surface area contributed by atoms with Gasteiger partial charge in [0.2, 0.25) is 0 Å². The van der Waals surface area contributed by atoms with Gasteiger partial charge in [-0.3, -0.25) is 9.59 Å². The van der Waals surface area contributed by atoms with Crippen LogP contribution in [0, 0.1) is 0 Å².